The Morgan fingerprint density at radius 3 is 2.63 bits per heavy atom. The summed E-state index contributed by atoms with van der Waals surface area (Å²) >= 11 is 2.14. The van der Waals surface area contributed by atoms with Gasteiger partial charge in [0.1, 0.15) is 0 Å². The first-order valence-electron chi connectivity index (χ1n) is 8.14. The Labute approximate surface area is 124 Å². The first kappa shape index (κ1) is 15.7. The van der Waals surface area contributed by atoms with Gasteiger partial charge < -0.3 is 5.32 Å². The predicted molar refractivity (Wildman–Crippen MR) is 87.0 cm³/mol. The van der Waals surface area contributed by atoms with Gasteiger partial charge >= 0.3 is 0 Å². The molecular formula is C16H32N2S. The molecule has 1 saturated carbocycles. The quantitative estimate of drug-likeness (QED) is 0.833. The van der Waals surface area contributed by atoms with Gasteiger partial charge in [-0.15, -0.1) is 0 Å². The second-order valence-corrected chi connectivity index (χ2v) is 8.24. The first-order chi connectivity index (χ1) is 9.13. The van der Waals surface area contributed by atoms with Crippen LogP contribution in [0.1, 0.15) is 52.4 Å². The van der Waals surface area contributed by atoms with Crippen LogP contribution in [-0.4, -0.2) is 48.1 Å². The molecule has 1 saturated heterocycles. The van der Waals surface area contributed by atoms with Crippen LogP contribution >= 0.6 is 11.8 Å². The second-order valence-electron chi connectivity index (χ2n) is 6.96. The van der Waals surface area contributed by atoms with Gasteiger partial charge in [0.25, 0.3) is 0 Å². The molecule has 2 aliphatic rings. The molecule has 3 heteroatoms. The Hall–Kier alpha value is 0.270. The number of hydrogen-bond donors (Lipinski definition) is 1. The minimum atomic E-state index is 0.567. The molecule has 0 bridgehead atoms. The van der Waals surface area contributed by atoms with E-state index in [0.717, 1.165) is 12.0 Å². The average molecular weight is 285 g/mol. The van der Waals surface area contributed by atoms with Crippen LogP contribution in [0.4, 0.5) is 0 Å². The zero-order chi connectivity index (χ0) is 13.7. The lowest BCUT2D eigenvalue weighted by Gasteiger charge is -2.43. The minimum absolute atomic E-state index is 0.567. The first-order valence-corrected chi connectivity index (χ1v) is 9.37. The highest BCUT2D eigenvalue weighted by atomic mass is 32.2. The lowest BCUT2D eigenvalue weighted by atomic mass is 9.87. The SMILES string of the molecule is CSC1(CN2CCNC(CC(C)C)C2)CCCCC1. The third-order valence-corrected chi connectivity index (χ3v) is 6.21. The highest BCUT2D eigenvalue weighted by molar-refractivity contribution is 8.00. The fourth-order valence-electron chi connectivity index (χ4n) is 3.80. The summed E-state index contributed by atoms with van der Waals surface area (Å²) in [5.41, 5.74) is 0. The summed E-state index contributed by atoms with van der Waals surface area (Å²) in [7, 11) is 0. The molecule has 2 fully saturated rings. The molecule has 0 aromatic carbocycles. The molecule has 1 aliphatic heterocycles. The third kappa shape index (κ3) is 4.64. The summed E-state index contributed by atoms with van der Waals surface area (Å²) in [4.78, 5) is 2.74. The smallest absolute Gasteiger partial charge is 0.0284 e. The van der Waals surface area contributed by atoms with Crippen molar-refractivity contribution in [3.63, 3.8) is 0 Å². The predicted octanol–water partition coefficient (Wildman–Crippen LogP) is 3.37. The Morgan fingerprint density at radius 2 is 2.00 bits per heavy atom. The molecule has 1 N–H and O–H groups in total. The highest BCUT2D eigenvalue weighted by Gasteiger charge is 2.34. The number of nitrogens with zero attached hydrogens (tertiary/aromatic N) is 1. The normalized spacial score (nSPS) is 28.7. The third-order valence-electron chi connectivity index (χ3n) is 4.81. The summed E-state index contributed by atoms with van der Waals surface area (Å²) in [5, 5.41) is 3.70. The van der Waals surface area contributed by atoms with E-state index in [0.29, 0.717) is 4.75 Å². The van der Waals surface area contributed by atoms with Crippen LogP contribution in [0.5, 0.6) is 0 Å². The van der Waals surface area contributed by atoms with Crippen molar-refractivity contribution in [2.24, 2.45) is 5.92 Å². The van der Waals surface area contributed by atoms with Gasteiger partial charge in [0.15, 0.2) is 0 Å². The van der Waals surface area contributed by atoms with E-state index >= 15 is 0 Å². The van der Waals surface area contributed by atoms with Crippen LogP contribution in [0.25, 0.3) is 0 Å². The Balaban J connectivity index is 1.86. The molecule has 1 unspecified atom stereocenters. The van der Waals surface area contributed by atoms with Crippen molar-refractivity contribution in [1.82, 2.24) is 10.2 Å². The van der Waals surface area contributed by atoms with Gasteiger partial charge in [-0.2, -0.15) is 11.8 Å². The van der Waals surface area contributed by atoms with Crippen LogP contribution in [0.3, 0.4) is 0 Å². The maximum atomic E-state index is 3.70. The van der Waals surface area contributed by atoms with Gasteiger partial charge in [0, 0.05) is 37.0 Å². The van der Waals surface area contributed by atoms with Gasteiger partial charge in [0.05, 0.1) is 0 Å². The number of hydrogen-bond acceptors (Lipinski definition) is 3. The van der Waals surface area contributed by atoms with Gasteiger partial charge in [0.2, 0.25) is 0 Å². The van der Waals surface area contributed by atoms with Gasteiger partial charge in [-0.1, -0.05) is 33.1 Å². The van der Waals surface area contributed by atoms with E-state index in [-0.39, 0.29) is 0 Å². The maximum absolute atomic E-state index is 3.70. The van der Waals surface area contributed by atoms with Crippen molar-refractivity contribution in [3.05, 3.63) is 0 Å². The van der Waals surface area contributed by atoms with Crippen molar-refractivity contribution in [2.45, 2.75) is 63.2 Å². The molecule has 112 valence electrons. The zero-order valence-electron chi connectivity index (χ0n) is 13.1. The van der Waals surface area contributed by atoms with Crippen LogP contribution in [-0.2, 0) is 0 Å². The van der Waals surface area contributed by atoms with Crippen LogP contribution in [0, 0.1) is 5.92 Å². The van der Waals surface area contributed by atoms with Crippen molar-refractivity contribution in [1.29, 1.82) is 0 Å². The van der Waals surface area contributed by atoms with Gasteiger partial charge in [-0.25, -0.2) is 0 Å². The molecule has 2 nitrogen and oxygen atoms in total. The van der Waals surface area contributed by atoms with Gasteiger partial charge in [-0.05, 0) is 31.4 Å². The Kier molecular flexibility index (Phi) is 6.04. The Bertz CT molecular complexity index is 261. The highest BCUT2D eigenvalue weighted by Crippen LogP contribution is 2.39. The number of thioether (sulfide) groups is 1. The average Bonchev–Trinajstić information content (AvgIpc) is 2.39. The van der Waals surface area contributed by atoms with E-state index in [2.05, 4.69) is 42.1 Å². The van der Waals surface area contributed by atoms with E-state index in [1.807, 2.05) is 0 Å². The number of nitrogens with one attached hydrogen (secondary N) is 1. The maximum Gasteiger partial charge on any atom is 0.0284 e. The van der Waals surface area contributed by atoms with E-state index in [4.69, 9.17) is 0 Å². The van der Waals surface area contributed by atoms with Crippen LogP contribution in [0.15, 0.2) is 0 Å². The van der Waals surface area contributed by atoms with Crippen molar-refractivity contribution in [3.8, 4) is 0 Å². The molecule has 0 aromatic heterocycles. The van der Waals surface area contributed by atoms with Crippen molar-refractivity contribution < 1.29 is 0 Å². The zero-order valence-corrected chi connectivity index (χ0v) is 13.9. The molecule has 1 heterocycles. The lowest BCUT2D eigenvalue weighted by molar-refractivity contribution is 0.160. The summed E-state index contributed by atoms with van der Waals surface area (Å²) < 4.78 is 0.567. The minimum Gasteiger partial charge on any atom is -0.311 e. The van der Waals surface area contributed by atoms with E-state index < -0.39 is 0 Å². The molecule has 1 aliphatic carbocycles. The van der Waals surface area contributed by atoms with E-state index in [1.165, 1.54) is 64.7 Å². The molecule has 1 atom stereocenters. The fraction of sp³-hybridized carbons (Fsp3) is 1.00. The summed E-state index contributed by atoms with van der Waals surface area (Å²) in [6.45, 7) is 9.69. The van der Waals surface area contributed by atoms with Gasteiger partial charge in [-0.3, -0.25) is 4.90 Å². The fourth-order valence-corrected chi connectivity index (χ4v) is 4.80. The summed E-state index contributed by atoms with van der Waals surface area (Å²) in [6, 6.07) is 0.719. The standard InChI is InChI=1S/C16H32N2S/c1-14(2)11-15-12-18(10-9-17-15)13-16(19-3)7-5-4-6-8-16/h14-15,17H,4-13H2,1-3H3. The van der Waals surface area contributed by atoms with Crippen LogP contribution < -0.4 is 5.32 Å². The molecule has 0 radical (unpaired) electrons. The largest absolute Gasteiger partial charge is 0.311 e. The van der Waals surface area contributed by atoms with Crippen molar-refractivity contribution in [2.75, 3.05) is 32.4 Å². The number of piperazine rings is 1. The molecule has 2 rings (SSSR count). The molecular weight excluding hydrogens is 252 g/mol. The summed E-state index contributed by atoms with van der Waals surface area (Å²) in [5.74, 6) is 0.807. The van der Waals surface area contributed by atoms with E-state index in [1.54, 1.807) is 0 Å². The second kappa shape index (κ2) is 7.33. The molecule has 0 spiro atoms. The van der Waals surface area contributed by atoms with Crippen molar-refractivity contribution >= 4 is 11.8 Å². The Morgan fingerprint density at radius 1 is 1.26 bits per heavy atom. The molecule has 0 amide bonds. The van der Waals surface area contributed by atoms with E-state index in [9.17, 15) is 0 Å². The van der Waals surface area contributed by atoms with Crippen LogP contribution in [0.2, 0.25) is 0 Å². The molecule has 0 aromatic rings. The monoisotopic (exact) mass is 284 g/mol. The topological polar surface area (TPSA) is 15.3 Å². The number of rotatable bonds is 5. The summed E-state index contributed by atoms with van der Waals surface area (Å²) in [6.07, 6.45) is 10.9. The molecule has 19 heavy (non-hydrogen) atoms. The lowest BCUT2D eigenvalue weighted by Crippen LogP contribution is -2.54.